The van der Waals surface area contributed by atoms with E-state index in [1.807, 2.05) is 0 Å². The standard InChI is InChI=1S/C19H30N2/c1-2-13-7-10-17-18(11-13)21-19(20-17)16-9-8-14-5-3-4-6-15(14)12-16/h13-16H,2-12H2,1H3,(H,20,21). The number of aromatic nitrogens is 2. The lowest BCUT2D eigenvalue weighted by Gasteiger charge is -2.38. The number of aryl methyl sites for hydroxylation is 1. The Morgan fingerprint density at radius 1 is 1.05 bits per heavy atom. The topological polar surface area (TPSA) is 28.7 Å². The van der Waals surface area contributed by atoms with Gasteiger partial charge in [0.25, 0.3) is 0 Å². The van der Waals surface area contributed by atoms with Gasteiger partial charge >= 0.3 is 0 Å². The minimum atomic E-state index is 0.732. The molecule has 0 spiro atoms. The second-order valence-corrected chi connectivity index (χ2v) is 7.88. The van der Waals surface area contributed by atoms with Gasteiger partial charge < -0.3 is 4.98 Å². The largest absolute Gasteiger partial charge is 0.345 e. The number of nitrogens with zero attached hydrogens (tertiary/aromatic N) is 1. The molecule has 1 aromatic heterocycles. The van der Waals surface area contributed by atoms with Gasteiger partial charge in [-0.15, -0.1) is 0 Å². The van der Waals surface area contributed by atoms with Gasteiger partial charge in [-0.2, -0.15) is 0 Å². The number of imidazole rings is 1. The summed E-state index contributed by atoms with van der Waals surface area (Å²) in [6.07, 6.45) is 15.3. The van der Waals surface area contributed by atoms with E-state index in [1.54, 1.807) is 0 Å². The van der Waals surface area contributed by atoms with Crippen LogP contribution in [0.25, 0.3) is 0 Å². The number of aromatic amines is 1. The Morgan fingerprint density at radius 3 is 2.76 bits per heavy atom. The van der Waals surface area contributed by atoms with E-state index in [2.05, 4.69) is 11.9 Å². The van der Waals surface area contributed by atoms with Gasteiger partial charge in [-0.1, -0.05) is 39.0 Å². The molecule has 0 aromatic carbocycles. The normalized spacial score (nSPS) is 36.0. The van der Waals surface area contributed by atoms with Crippen molar-refractivity contribution >= 4 is 0 Å². The van der Waals surface area contributed by atoms with Gasteiger partial charge in [0.05, 0.1) is 5.69 Å². The molecule has 0 radical (unpaired) electrons. The molecule has 4 rings (SSSR count). The lowest BCUT2D eigenvalue weighted by atomic mass is 9.67. The van der Waals surface area contributed by atoms with Gasteiger partial charge in [0.1, 0.15) is 5.82 Å². The van der Waals surface area contributed by atoms with Crippen LogP contribution in [-0.2, 0) is 12.8 Å². The predicted molar refractivity (Wildman–Crippen MR) is 86.4 cm³/mol. The summed E-state index contributed by atoms with van der Waals surface area (Å²) in [4.78, 5) is 8.78. The number of hydrogen-bond acceptors (Lipinski definition) is 1. The summed E-state index contributed by atoms with van der Waals surface area (Å²) in [6, 6.07) is 0. The Balaban J connectivity index is 1.48. The van der Waals surface area contributed by atoms with Crippen molar-refractivity contribution in [3.05, 3.63) is 17.2 Å². The molecule has 0 amide bonds. The highest BCUT2D eigenvalue weighted by molar-refractivity contribution is 5.20. The van der Waals surface area contributed by atoms with Crippen LogP contribution in [0, 0.1) is 17.8 Å². The SMILES string of the molecule is CCC1CCc2nc(C3CCC4CCCCC4C3)[nH]c2C1. The van der Waals surface area contributed by atoms with Crippen molar-refractivity contribution in [1.29, 1.82) is 0 Å². The Hall–Kier alpha value is -0.790. The molecule has 0 aliphatic heterocycles. The molecule has 4 atom stereocenters. The molecule has 2 heteroatoms. The van der Waals surface area contributed by atoms with Crippen molar-refractivity contribution in [2.75, 3.05) is 0 Å². The third-order valence-corrected chi connectivity index (χ3v) is 6.67. The maximum Gasteiger partial charge on any atom is 0.109 e. The van der Waals surface area contributed by atoms with Crippen molar-refractivity contribution in [3.63, 3.8) is 0 Å². The van der Waals surface area contributed by atoms with E-state index < -0.39 is 0 Å². The average Bonchev–Trinajstić information content (AvgIpc) is 2.97. The van der Waals surface area contributed by atoms with Crippen LogP contribution in [-0.4, -0.2) is 9.97 Å². The second-order valence-electron chi connectivity index (χ2n) is 7.88. The van der Waals surface area contributed by atoms with Gasteiger partial charge in [0.15, 0.2) is 0 Å². The van der Waals surface area contributed by atoms with Crippen LogP contribution in [0.4, 0.5) is 0 Å². The summed E-state index contributed by atoms with van der Waals surface area (Å²) in [5, 5.41) is 0. The molecule has 2 nitrogen and oxygen atoms in total. The molecule has 3 aliphatic rings. The van der Waals surface area contributed by atoms with Crippen molar-refractivity contribution in [3.8, 4) is 0 Å². The Bertz CT molecular complexity index is 490. The molecule has 3 aliphatic carbocycles. The van der Waals surface area contributed by atoms with Crippen LogP contribution >= 0.6 is 0 Å². The van der Waals surface area contributed by atoms with Crippen LogP contribution in [0.15, 0.2) is 0 Å². The van der Waals surface area contributed by atoms with Gasteiger partial charge in [-0.05, 0) is 56.3 Å². The molecular weight excluding hydrogens is 256 g/mol. The van der Waals surface area contributed by atoms with E-state index >= 15 is 0 Å². The first-order valence-electron chi connectivity index (χ1n) is 9.41. The molecule has 0 saturated heterocycles. The first-order chi connectivity index (χ1) is 10.3. The van der Waals surface area contributed by atoms with Crippen molar-refractivity contribution in [1.82, 2.24) is 9.97 Å². The second kappa shape index (κ2) is 5.78. The van der Waals surface area contributed by atoms with Crippen molar-refractivity contribution < 1.29 is 0 Å². The van der Waals surface area contributed by atoms with Crippen LogP contribution in [0.5, 0.6) is 0 Å². The number of fused-ring (bicyclic) bond motifs is 2. The summed E-state index contributed by atoms with van der Waals surface area (Å²) in [5.41, 5.74) is 2.88. The molecule has 4 unspecified atom stereocenters. The number of H-pyrrole nitrogens is 1. The first-order valence-corrected chi connectivity index (χ1v) is 9.41. The van der Waals surface area contributed by atoms with Crippen molar-refractivity contribution in [2.45, 2.75) is 83.5 Å². The minimum absolute atomic E-state index is 0.732. The number of hydrogen-bond donors (Lipinski definition) is 1. The summed E-state index contributed by atoms with van der Waals surface area (Å²) >= 11 is 0. The van der Waals surface area contributed by atoms with Gasteiger partial charge in [-0.25, -0.2) is 4.98 Å². The molecular formula is C19H30N2. The summed E-state index contributed by atoms with van der Waals surface area (Å²) in [7, 11) is 0. The van der Waals surface area contributed by atoms with Gasteiger partial charge in [-0.3, -0.25) is 0 Å². The van der Waals surface area contributed by atoms with Crippen LogP contribution in [0.2, 0.25) is 0 Å². The maximum absolute atomic E-state index is 5.03. The lowest BCUT2D eigenvalue weighted by molar-refractivity contribution is 0.153. The lowest BCUT2D eigenvalue weighted by Crippen LogP contribution is -2.27. The Morgan fingerprint density at radius 2 is 1.90 bits per heavy atom. The highest BCUT2D eigenvalue weighted by atomic mass is 14.9. The molecule has 1 aromatic rings. The van der Waals surface area contributed by atoms with Crippen LogP contribution < -0.4 is 0 Å². The quantitative estimate of drug-likeness (QED) is 0.814. The summed E-state index contributed by atoms with van der Waals surface area (Å²) < 4.78 is 0. The fraction of sp³-hybridized carbons (Fsp3) is 0.842. The summed E-state index contributed by atoms with van der Waals surface area (Å²) in [6.45, 7) is 2.33. The summed E-state index contributed by atoms with van der Waals surface area (Å²) in [5.74, 6) is 5.02. The highest BCUT2D eigenvalue weighted by Gasteiger charge is 2.34. The van der Waals surface area contributed by atoms with E-state index in [0.29, 0.717) is 0 Å². The predicted octanol–water partition coefficient (Wildman–Crippen LogP) is 5.00. The minimum Gasteiger partial charge on any atom is -0.345 e. The van der Waals surface area contributed by atoms with E-state index in [1.165, 1.54) is 87.8 Å². The molecule has 2 fully saturated rings. The highest BCUT2D eigenvalue weighted by Crippen LogP contribution is 2.45. The zero-order chi connectivity index (χ0) is 14.2. The Kier molecular flexibility index (Phi) is 3.81. The average molecular weight is 286 g/mol. The van der Waals surface area contributed by atoms with Crippen LogP contribution in [0.1, 0.15) is 87.8 Å². The third kappa shape index (κ3) is 2.66. The fourth-order valence-electron chi connectivity index (χ4n) is 5.24. The molecule has 0 bridgehead atoms. The maximum atomic E-state index is 5.03. The van der Waals surface area contributed by atoms with Gasteiger partial charge in [0, 0.05) is 11.6 Å². The fourth-order valence-corrected chi connectivity index (χ4v) is 5.24. The van der Waals surface area contributed by atoms with Crippen molar-refractivity contribution in [2.24, 2.45) is 17.8 Å². The van der Waals surface area contributed by atoms with E-state index in [0.717, 1.165) is 23.7 Å². The zero-order valence-electron chi connectivity index (χ0n) is 13.5. The van der Waals surface area contributed by atoms with E-state index in [4.69, 9.17) is 4.98 Å². The van der Waals surface area contributed by atoms with E-state index in [-0.39, 0.29) is 0 Å². The molecule has 116 valence electrons. The Labute approximate surface area is 129 Å². The zero-order valence-corrected chi connectivity index (χ0v) is 13.5. The molecule has 2 saturated carbocycles. The molecule has 1 heterocycles. The molecule has 21 heavy (non-hydrogen) atoms. The number of nitrogens with one attached hydrogen (secondary N) is 1. The smallest absolute Gasteiger partial charge is 0.109 e. The molecule has 1 N–H and O–H groups in total. The first kappa shape index (κ1) is 13.8. The third-order valence-electron chi connectivity index (χ3n) is 6.67. The van der Waals surface area contributed by atoms with E-state index in [9.17, 15) is 0 Å². The number of rotatable bonds is 2. The van der Waals surface area contributed by atoms with Gasteiger partial charge in [0.2, 0.25) is 0 Å². The monoisotopic (exact) mass is 286 g/mol. The van der Waals surface area contributed by atoms with Crippen LogP contribution in [0.3, 0.4) is 0 Å².